The first-order valence-electron chi connectivity index (χ1n) is 3.92. The van der Waals surface area contributed by atoms with Crippen molar-refractivity contribution in [3.05, 3.63) is 21.9 Å². The van der Waals surface area contributed by atoms with Crippen molar-refractivity contribution >= 4 is 27.7 Å². The number of halogens is 2. The highest BCUT2D eigenvalue weighted by molar-refractivity contribution is 9.10. The molecule has 0 spiro atoms. The maximum atomic E-state index is 13.5. The van der Waals surface area contributed by atoms with Gasteiger partial charge in [-0.1, -0.05) is 0 Å². The fourth-order valence-corrected chi connectivity index (χ4v) is 1.62. The van der Waals surface area contributed by atoms with Crippen LogP contribution in [0.25, 0.3) is 0 Å². The molecule has 0 aliphatic carbocycles. The fourth-order valence-electron chi connectivity index (χ4n) is 1.06. The highest BCUT2D eigenvalue weighted by atomic mass is 79.9. The van der Waals surface area contributed by atoms with Crippen LogP contribution in [0.1, 0.15) is 10.4 Å². The molecule has 5 nitrogen and oxygen atoms in total. The average Bonchev–Trinajstić information content (AvgIpc) is 2.23. The predicted molar refractivity (Wildman–Crippen MR) is 54.3 cm³/mol. The molecular weight excluding hydrogens is 287 g/mol. The molecule has 0 heterocycles. The van der Waals surface area contributed by atoms with E-state index in [0.717, 1.165) is 6.07 Å². The maximum Gasteiger partial charge on any atom is 0.377 e. The summed E-state index contributed by atoms with van der Waals surface area (Å²) in [5.74, 6) is -5.72. The fraction of sp³-hybridized carbons (Fsp3) is 0.111. The number of aromatic hydroxyl groups is 1. The van der Waals surface area contributed by atoms with Crippen LogP contribution in [0.3, 0.4) is 0 Å². The number of methoxy groups -OCH3 is 1. The Labute approximate surface area is 97.6 Å². The number of carbonyl (C=O) groups excluding carboxylic acids is 1. The Hall–Kier alpha value is -1.63. The number of ether oxygens (including phenoxy) is 1. The molecule has 7 heteroatoms. The second-order valence-corrected chi connectivity index (χ2v) is 3.59. The Bertz CT molecular complexity index is 471. The molecule has 0 fully saturated rings. The van der Waals surface area contributed by atoms with Gasteiger partial charge < -0.3 is 14.9 Å². The summed E-state index contributed by atoms with van der Waals surface area (Å²) in [7, 11) is 1.19. The van der Waals surface area contributed by atoms with Gasteiger partial charge in [-0.25, -0.2) is 9.18 Å². The number of benzene rings is 1. The number of Topliss-reactive ketones (excluding diaryl/α,β-unsaturated/α-hetero) is 1. The van der Waals surface area contributed by atoms with Crippen LogP contribution in [0.5, 0.6) is 11.5 Å². The number of rotatable bonds is 3. The highest BCUT2D eigenvalue weighted by Gasteiger charge is 2.26. The Morgan fingerprint density at radius 3 is 2.50 bits per heavy atom. The normalized spacial score (nSPS) is 9.94. The van der Waals surface area contributed by atoms with E-state index in [1.54, 1.807) is 0 Å². The van der Waals surface area contributed by atoms with Gasteiger partial charge in [-0.3, -0.25) is 4.79 Å². The quantitative estimate of drug-likeness (QED) is 0.653. The third kappa shape index (κ3) is 1.99. The van der Waals surface area contributed by atoms with Crippen molar-refractivity contribution in [2.24, 2.45) is 0 Å². The van der Waals surface area contributed by atoms with Gasteiger partial charge in [0, 0.05) is 4.47 Å². The molecule has 1 aromatic rings. The largest absolute Gasteiger partial charge is 0.502 e. The van der Waals surface area contributed by atoms with Crippen LogP contribution in [0.2, 0.25) is 0 Å². The van der Waals surface area contributed by atoms with Crippen molar-refractivity contribution in [2.75, 3.05) is 7.11 Å². The lowest BCUT2D eigenvalue weighted by Gasteiger charge is -2.08. The molecule has 1 aromatic carbocycles. The average molecular weight is 293 g/mol. The number of ketones is 1. The van der Waals surface area contributed by atoms with E-state index in [4.69, 9.17) is 5.11 Å². The van der Waals surface area contributed by atoms with Crippen molar-refractivity contribution in [1.82, 2.24) is 0 Å². The Morgan fingerprint density at radius 2 is 2.06 bits per heavy atom. The number of carboxylic acids is 1. The first-order valence-corrected chi connectivity index (χ1v) is 4.72. The summed E-state index contributed by atoms with van der Waals surface area (Å²) in [6.07, 6.45) is 0. The van der Waals surface area contributed by atoms with Gasteiger partial charge in [0.15, 0.2) is 17.3 Å². The SMILES string of the molecule is COc1cc(Br)c(C(=O)C(=O)O)c(F)c1O. The third-order valence-electron chi connectivity index (χ3n) is 1.80. The van der Waals surface area contributed by atoms with Crippen LogP contribution in [0.15, 0.2) is 10.5 Å². The van der Waals surface area contributed by atoms with Crippen molar-refractivity contribution in [2.45, 2.75) is 0 Å². The number of phenolic OH excluding ortho intramolecular Hbond substituents is 1. The highest BCUT2D eigenvalue weighted by Crippen LogP contribution is 2.36. The van der Waals surface area contributed by atoms with Gasteiger partial charge in [-0.15, -0.1) is 0 Å². The number of hydrogen-bond acceptors (Lipinski definition) is 4. The Morgan fingerprint density at radius 1 is 1.50 bits per heavy atom. The molecule has 86 valence electrons. The lowest BCUT2D eigenvalue weighted by Crippen LogP contribution is -2.15. The molecule has 0 atom stereocenters. The number of aliphatic carboxylic acids is 1. The molecular formula is C9H6BrFO5. The molecule has 2 N–H and O–H groups in total. The van der Waals surface area contributed by atoms with Crippen molar-refractivity contribution in [3.8, 4) is 11.5 Å². The molecule has 0 aliphatic heterocycles. The van der Waals surface area contributed by atoms with Crippen molar-refractivity contribution in [3.63, 3.8) is 0 Å². The Kier molecular flexibility index (Phi) is 3.48. The van der Waals surface area contributed by atoms with E-state index >= 15 is 0 Å². The van der Waals surface area contributed by atoms with Gasteiger partial charge in [0.05, 0.1) is 12.7 Å². The molecule has 0 bridgehead atoms. The second kappa shape index (κ2) is 4.48. The summed E-state index contributed by atoms with van der Waals surface area (Å²) >= 11 is 2.83. The monoisotopic (exact) mass is 292 g/mol. The van der Waals surface area contributed by atoms with Gasteiger partial charge in [0.1, 0.15) is 0 Å². The minimum absolute atomic E-state index is 0.105. The smallest absolute Gasteiger partial charge is 0.377 e. The second-order valence-electron chi connectivity index (χ2n) is 2.73. The first-order chi connectivity index (χ1) is 7.40. The third-order valence-corrected chi connectivity index (χ3v) is 2.42. The van der Waals surface area contributed by atoms with Gasteiger partial charge in [-0.05, 0) is 22.0 Å². The minimum Gasteiger partial charge on any atom is -0.502 e. The first kappa shape index (κ1) is 12.4. The van der Waals surface area contributed by atoms with Gasteiger partial charge in [0.25, 0.3) is 5.78 Å². The zero-order chi connectivity index (χ0) is 12.5. The number of phenols is 1. The van der Waals surface area contributed by atoms with Gasteiger partial charge >= 0.3 is 5.97 Å². The molecule has 0 saturated heterocycles. The van der Waals surface area contributed by atoms with E-state index in [9.17, 15) is 19.1 Å². The number of hydrogen-bond donors (Lipinski definition) is 2. The lowest BCUT2D eigenvalue weighted by atomic mass is 10.1. The standard InChI is InChI=1S/C9H6BrFO5/c1-16-4-2-3(10)5(6(11)7(4)12)8(13)9(14)15/h2,12H,1H3,(H,14,15). The summed E-state index contributed by atoms with van der Waals surface area (Å²) in [5.41, 5.74) is -0.745. The summed E-state index contributed by atoms with van der Waals surface area (Å²) < 4.78 is 18.0. The van der Waals surface area contributed by atoms with E-state index in [1.807, 2.05) is 0 Å². The molecule has 0 aliphatic rings. The van der Waals surface area contributed by atoms with Gasteiger partial charge in [-0.2, -0.15) is 0 Å². The van der Waals surface area contributed by atoms with E-state index in [1.165, 1.54) is 7.11 Å². The van der Waals surface area contributed by atoms with Crippen LogP contribution in [-0.2, 0) is 4.79 Å². The summed E-state index contributed by atoms with van der Waals surface area (Å²) in [5, 5.41) is 17.7. The molecule has 0 unspecified atom stereocenters. The zero-order valence-electron chi connectivity index (χ0n) is 7.95. The predicted octanol–water partition coefficient (Wildman–Crippen LogP) is 1.57. The van der Waals surface area contributed by atoms with E-state index in [2.05, 4.69) is 20.7 Å². The lowest BCUT2D eigenvalue weighted by molar-refractivity contribution is -0.131. The van der Waals surface area contributed by atoms with E-state index in [0.29, 0.717) is 0 Å². The topological polar surface area (TPSA) is 83.8 Å². The molecule has 0 aromatic heterocycles. The molecule has 1 rings (SSSR count). The minimum atomic E-state index is -1.82. The van der Waals surface area contributed by atoms with Crippen molar-refractivity contribution < 1.29 is 28.9 Å². The van der Waals surface area contributed by atoms with Crippen LogP contribution in [0.4, 0.5) is 4.39 Å². The summed E-state index contributed by atoms with van der Waals surface area (Å²) in [6, 6.07) is 1.11. The van der Waals surface area contributed by atoms with Crippen molar-refractivity contribution in [1.29, 1.82) is 0 Å². The number of carbonyl (C=O) groups is 2. The van der Waals surface area contributed by atoms with Crippen LogP contribution in [-0.4, -0.2) is 29.1 Å². The maximum absolute atomic E-state index is 13.5. The van der Waals surface area contributed by atoms with Crippen LogP contribution >= 0.6 is 15.9 Å². The van der Waals surface area contributed by atoms with Crippen LogP contribution < -0.4 is 4.74 Å². The van der Waals surface area contributed by atoms with Gasteiger partial charge in [0.2, 0.25) is 0 Å². The summed E-state index contributed by atoms with van der Waals surface area (Å²) in [6.45, 7) is 0. The van der Waals surface area contributed by atoms with E-state index < -0.39 is 28.9 Å². The molecule has 16 heavy (non-hydrogen) atoms. The number of carboxylic acid groups (broad SMARTS) is 1. The molecule has 0 amide bonds. The van der Waals surface area contributed by atoms with E-state index in [-0.39, 0.29) is 10.2 Å². The molecule has 0 radical (unpaired) electrons. The molecule has 0 saturated carbocycles. The van der Waals surface area contributed by atoms with Crippen LogP contribution in [0, 0.1) is 5.82 Å². The zero-order valence-corrected chi connectivity index (χ0v) is 9.54. The Balaban J connectivity index is 3.48. The summed E-state index contributed by atoms with van der Waals surface area (Å²) in [4.78, 5) is 21.5.